The van der Waals surface area contributed by atoms with Crippen LogP contribution in [-0.4, -0.2) is 37.8 Å². The minimum atomic E-state index is -0.257. The zero-order chi connectivity index (χ0) is 21.6. The highest BCUT2D eigenvalue weighted by molar-refractivity contribution is 6.31. The van der Waals surface area contributed by atoms with Crippen LogP contribution in [0.4, 0.5) is 5.82 Å². The van der Waals surface area contributed by atoms with Gasteiger partial charge < -0.3 is 10.6 Å². The first-order valence-corrected chi connectivity index (χ1v) is 10.6. The van der Waals surface area contributed by atoms with Crippen molar-refractivity contribution in [1.82, 2.24) is 30.0 Å². The van der Waals surface area contributed by atoms with E-state index in [1.165, 1.54) is 10.8 Å². The zero-order valence-corrected chi connectivity index (χ0v) is 18.1. The number of hydrogen-bond donors (Lipinski definition) is 3. The average molecular weight is 458 g/mol. The summed E-state index contributed by atoms with van der Waals surface area (Å²) in [5.74, 6) is 0.272. The summed E-state index contributed by atoms with van der Waals surface area (Å²) in [6.45, 7) is 2.02. The summed E-state index contributed by atoms with van der Waals surface area (Å²) in [6.07, 6.45) is 3.92. The van der Waals surface area contributed by atoms with Crippen LogP contribution in [0.5, 0.6) is 0 Å². The number of benzene rings is 1. The third kappa shape index (κ3) is 5.22. The van der Waals surface area contributed by atoms with E-state index < -0.39 is 0 Å². The van der Waals surface area contributed by atoms with Gasteiger partial charge in [-0.2, -0.15) is 5.10 Å². The highest BCUT2D eigenvalue weighted by Crippen LogP contribution is 2.20. The molecule has 0 radical (unpaired) electrons. The number of fused-ring (bicyclic) bond motifs is 1. The van der Waals surface area contributed by atoms with Gasteiger partial charge in [0.1, 0.15) is 5.15 Å². The molecule has 10 heteroatoms. The second-order valence-electron chi connectivity index (χ2n) is 6.92. The van der Waals surface area contributed by atoms with Crippen molar-refractivity contribution >= 4 is 39.9 Å². The molecule has 0 aliphatic heterocycles. The smallest absolute Gasteiger partial charge is 0.294 e. The Morgan fingerprint density at radius 3 is 2.84 bits per heavy atom. The number of hydrogen-bond acceptors (Lipinski definition) is 6. The lowest BCUT2D eigenvalue weighted by Gasteiger charge is -2.11. The van der Waals surface area contributed by atoms with E-state index in [-0.39, 0.29) is 11.4 Å². The van der Waals surface area contributed by atoms with Crippen molar-refractivity contribution < 1.29 is 0 Å². The van der Waals surface area contributed by atoms with Crippen LogP contribution in [0.25, 0.3) is 10.9 Å². The van der Waals surface area contributed by atoms with Crippen molar-refractivity contribution in [2.24, 2.45) is 0 Å². The molecular weight excluding hydrogens is 437 g/mol. The molecule has 0 spiro atoms. The number of aromatic nitrogens is 5. The molecule has 4 aromatic rings. The minimum absolute atomic E-state index is 0.257. The van der Waals surface area contributed by atoms with Gasteiger partial charge in [-0.3, -0.25) is 19.4 Å². The number of nitrogens with one attached hydrogen (secondary N) is 3. The number of H-pyrrole nitrogens is 1. The zero-order valence-electron chi connectivity index (χ0n) is 16.6. The standard InChI is InChI=1S/C21H21Cl2N7O/c22-14-4-5-17-16(11-14)18(29-28-17)12-24-9-10-30-19(23)13-27-20(21(30)31)26-8-6-15-3-1-2-7-25-15/h1-5,7,11,13,24H,6,8-10,12H2,(H,26,27)(H,28,29). The predicted octanol–water partition coefficient (Wildman–Crippen LogP) is 3.27. The highest BCUT2D eigenvalue weighted by atomic mass is 35.5. The van der Waals surface area contributed by atoms with Gasteiger partial charge in [-0.05, 0) is 30.3 Å². The molecule has 0 fully saturated rings. The lowest BCUT2D eigenvalue weighted by molar-refractivity contribution is 0.580. The van der Waals surface area contributed by atoms with E-state index in [4.69, 9.17) is 23.2 Å². The van der Waals surface area contributed by atoms with Crippen LogP contribution in [0.2, 0.25) is 10.2 Å². The van der Waals surface area contributed by atoms with Crippen LogP contribution in [0.3, 0.4) is 0 Å². The quantitative estimate of drug-likeness (QED) is 0.333. The maximum absolute atomic E-state index is 12.7. The lowest BCUT2D eigenvalue weighted by Crippen LogP contribution is -2.30. The molecule has 0 saturated heterocycles. The maximum Gasteiger partial charge on any atom is 0.294 e. The molecule has 0 aliphatic carbocycles. The SMILES string of the molecule is O=c1c(NCCc2ccccn2)ncc(Cl)n1CCNCc1n[nH]c2ccc(Cl)cc12. The van der Waals surface area contributed by atoms with Crippen molar-refractivity contribution in [2.75, 3.05) is 18.4 Å². The van der Waals surface area contributed by atoms with Gasteiger partial charge in [-0.15, -0.1) is 0 Å². The molecule has 31 heavy (non-hydrogen) atoms. The summed E-state index contributed by atoms with van der Waals surface area (Å²) in [6, 6.07) is 11.3. The fourth-order valence-electron chi connectivity index (χ4n) is 3.23. The summed E-state index contributed by atoms with van der Waals surface area (Å²) in [7, 11) is 0. The number of pyridine rings is 1. The lowest BCUT2D eigenvalue weighted by atomic mass is 10.2. The van der Waals surface area contributed by atoms with Gasteiger partial charge in [-0.25, -0.2) is 4.98 Å². The minimum Gasteiger partial charge on any atom is -0.365 e. The first-order chi connectivity index (χ1) is 15.1. The summed E-state index contributed by atoms with van der Waals surface area (Å²) < 4.78 is 1.49. The van der Waals surface area contributed by atoms with Gasteiger partial charge in [0, 0.05) is 54.9 Å². The second-order valence-corrected chi connectivity index (χ2v) is 7.74. The van der Waals surface area contributed by atoms with Crippen LogP contribution < -0.4 is 16.2 Å². The second kappa shape index (κ2) is 9.91. The summed E-state index contributed by atoms with van der Waals surface area (Å²) in [5, 5.41) is 15.6. The average Bonchev–Trinajstić information content (AvgIpc) is 3.17. The molecular formula is C21H21Cl2N7O. The number of rotatable bonds is 9. The Morgan fingerprint density at radius 1 is 1.10 bits per heavy atom. The Morgan fingerprint density at radius 2 is 2.00 bits per heavy atom. The summed E-state index contributed by atoms with van der Waals surface area (Å²) in [4.78, 5) is 21.2. The van der Waals surface area contributed by atoms with E-state index in [0.717, 1.165) is 22.3 Å². The molecule has 3 heterocycles. The van der Waals surface area contributed by atoms with Crippen LogP contribution >= 0.6 is 23.2 Å². The van der Waals surface area contributed by atoms with Crippen molar-refractivity contribution in [3.8, 4) is 0 Å². The van der Waals surface area contributed by atoms with Crippen molar-refractivity contribution in [1.29, 1.82) is 0 Å². The Hall–Kier alpha value is -2.94. The van der Waals surface area contributed by atoms with Crippen LogP contribution in [0, 0.1) is 0 Å². The van der Waals surface area contributed by atoms with Gasteiger partial charge >= 0.3 is 0 Å². The van der Waals surface area contributed by atoms with E-state index in [2.05, 4.69) is 30.8 Å². The first kappa shape index (κ1) is 21.3. The molecule has 3 aromatic heterocycles. The van der Waals surface area contributed by atoms with E-state index >= 15 is 0 Å². The van der Waals surface area contributed by atoms with Crippen molar-refractivity contribution in [3.05, 3.63) is 80.7 Å². The third-order valence-electron chi connectivity index (χ3n) is 4.81. The fraction of sp³-hybridized carbons (Fsp3) is 0.238. The monoisotopic (exact) mass is 457 g/mol. The molecule has 0 aliphatic rings. The summed E-state index contributed by atoms with van der Waals surface area (Å²) >= 11 is 12.3. The molecule has 0 bridgehead atoms. The number of nitrogens with zero attached hydrogens (tertiary/aromatic N) is 4. The van der Waals surface area contributed by atoms with Gasteiger partial charge in [0.2, 0.25) is 0 Å². The van der Waals surface area contributed by atoms with Crippen LogP contribution in [0.1, 0.15) is 11.4 Å². The molecule has 8 nitrogen and oxygen atoms in total. The summed E-state index contributed by atoms with van der Waals surface area (Å²) in [5.41, 5.74) is 2.48. The van der Waals surface area contributed by atoms with E-state index in [9.17, 15) is 4.79 Å². The Labute approximate surface area is 188 Å². The first-order valence-electron chi connectivity index (χ1n) is 9.84. The Kier molecular flexibility index (Phi) is 6.81. The van der Waals surface area contributed by atoms with Crippen LogP contribution in [0.15, 0.2) is 53.6 Å². The third-order valence-corrected chi connectivity index (χ3v) is 5.35. The maximum atomic E-state index is 12.7. The van der Waals surface area contributed by atoms with E-state index in [0.29, 0.717) is 42.8 Å². The molecule has 0 saturated carbocycles. The van der Waals surface area contributed by atoms with E-state index in [1.54, 1.807) is 6.20 Å². The van der Waals surface area contributed by atoms with Gasteiger partial charge in [0.05, 0.1) is 17.4 Å². The number of halogens is 2. The topological polar surface area (TPSA) is 101 Å². The predicted molar refractivity (Wildman–Crippen MR) is 123 cm³/mol. The van der Waals surface area contributed by atoms with Gasteiger partial charge in [0.15, 0.2) is 5.82 Å². The number of aromatic amines is 1. The molecule has 0 amide bonds. The number of anilines is 1. The largest absolute Gasteiger partial charge is 0.365 e. The highest BCUT2D eigenvalue weighted by Gasteiger charge is 2.10. The molecule has 1 aromatic carbocycles. The van der Waals surface area contributed by atoms with Crippen LogP contribution in [-0.2, 0) is 19.5 Å². The van der Waals surface area contributed by atoms with E-state index in [1.807, 2.05) is 36.4 Å². The van der Waals surface area contributed by atoms with Crippen molar-refractivity contribution in [3.63, 3.8) is 0 Å². The van der Waals surface area contributed by atoms with Crippen molar-refractivity contribution in [2.45, 2.75) is 19.5 Å². The normalized spacial score (nSPS) is 11.2. The van der Waals surface area contributed by atoms with Gasteiger partial charge in [-0.1, -0.05) is 29.3 Å². The fourth-order valence-corrected chi connectivity index (χ4v) is 3.61. The van der Waals surface area contributed by atoms with Gasteiger partial charge in [0.25, 0.3) is 5.56 Å². The molecule has 3 N–H and O–H groups in total. The molecule has 0 atom stereocenters. The Bertz CT molecular complexity index is 1220. The molecule has 160 valence electrons. The Balaban J connectivity index is 1.34. The molecule has 0 unspecified atom stereocenters. The molecule has 4 rings (SSSR count).